The van der Waals surface area contributed by atoms with Crippen molar-refractivity contribution in [1.29, 1.82) is 0 Å². The first-order valence-corrected chi connectivity index (χ1v) is 5.55. The molecule has 0 aliphatic heterocycles. The molecule has 0 radical (unpaired) electrons. The third kappa shape index (κ3) is 2.78. The first-order chi connectivity index (χ1) is 5.79. The van der Waals surface area contributed by atoms with E-state index >= 15 is 0 Å². The molecule has 1 saturated carbocycles. The van der Waals surface area contributed by atoms with Crippen LogP contribution >= 0.6 is 0 Å². The van der Waals surface area contributed by atoms with Gasteiger partial charge in [-0.2, -0.15) is 0 Å². The average molecular weight is 169 g/mol. The van der Waals surface area contributed by atoms with Gasteiger partial charge in [-0.05, 0) is 31.1 Å². The van der Waals surface area contributed by atoms with Gasteiger partial charge >= 0.3 is 0 Å². The van der Waals surface area contributed by atoms with Crippen LogP contribution in [0.4, 0.5) is 0 Å². The van der Waals surface area contributed by atoms with Crippen LogP contribution < -0.4 is 5.73 Å². The van der Waals surface area contributed by atoms with Crippen LogP contribution in [-0.2, 0) is 0 Å². The SMILES string of the molecule is CCCCC(CC)C(N)C1CC1. The molecular formula is C11H23N. The molecule has 0 aromatic carbocycles. The third-order valence-corrected chi connectivity index (χ3v) is 3.16. The van der Waals surface area contributed by atoms with Crippen molar-refractivity contribution in [2.75, 3.05) is 0 Å². The Labute approximate surface area is 76.7 Å². The molecule has 12 heavy (non-hydrogen) atoms. The summed E-state index contributed by atoms with van der Waals surface area (Å²) in [4.78, 5) is 0. The minimum absolute atomic E-state index is 0.515. The lowest BCUT2D eigenvalue weighted by Gasteiger charge is -2.21. The van der Waals surface area contributed by atoms with Crippen molar-refractivity contribution >= 4 is 0 Å². The molecule has 1 aliphatic carbocycles. The van der Waals surface area contributed by atoms with Crippen molar-refractivity contribution in [3.05, 3.63) is 0 Å². The van der Waals surface area contributed by atoms with Crippen LogP contribution in [0.25, 0.3) is 0 Å². The Balaban J connectivity index is 2.22. The largest absolute Gasteiger partial charge is 0.327 e. The van der Waals surface area contributed by atoms with Gasteiger partial charge in [-0.3, -0.25) is 0 Å². The Morgan fingerprint density at radius 3 is 2.42 bits per heavy atom. The lowest BCUT2D eigenvalue weighted by atomic mass is 9.89. The monoisotopic (exact) mass is 169 g/mol. The van der Waals surface area contributed by atoms with E-state index in [4.69, 9.17) is 5.73 Å². The van der Waals surface area contributed by atoms with Crippen molar-refractivity contribution in [3.63, 3.8) is 0 Å². The Bertz CT molecular complexity index is 118. The second kappa shape index (κ2) is 4.86. The van der Waals surface area contributed by atoms with E-state index in [9.17, 15) is 0 Å². The zero-order chi connectivity index (χ0) is 8.97. The predicted octanol–water partition coefficient (Wildman–Crippen LogP) is 2.94. The highest BCUT2D eigenvalue weighted by Crippen LogP contribution is 2.36. The summed E-state index contributed by atoms with van der Waals surface area (Å²) in [6, 6.07) is 0.515. The molecule has 2 N–H and O–H groups in total. The molecule has 0 aromatic heterocycles. The molecule has 2 unspecified atom stereocenters. The molecule has 1 nitrogen and oxygen atoms in total. The van der Waals surface area contributed by atoms with Gasteiger partial charge in [0.2, 0.25) is 0 Å². The number of nitrogens with two attached hydrogens (primary N) is 1. The summed E-state index contributed by atoms with van der Waals surface area (Å²) in [5, 5.41) is 0. The van der Waals surface area contributed by atoms with Gasteiger partial charge in [-0.15, -0.1) is 0 Å². The Morgan fingerprint density at radius 2 is 2.00 bits per heavy atom. The van der Waals surface area contributed by atoms with Crippen molar-refractivity contribution < 1.29 is 0 Å². The molecule has 2 atom stereocenters. The maximum atomic E-state index is 6.17. The minimum atomic E-state index is 0.515. The maximum Gasteiger partial charge on any atom is 0.00955 e. The normalized spacial score (nSPS) is 22.2. The summed E-state index contributed by atoms with van der Waals surface area (Å²) in [7, 11) is 0. The summed E-state index contributed by atoms with van der Waals surface area (Å²) in [5.74, 6) is 1.68. The molecule has 1 rings (SSSR count). The van der Waals surface area contributed by atoms with E-state index in [2.05, 4.69) is 13.8 Å². The summed E-state index contributed by atoms with van der Waals surface area (Å²) < 4.78 is 0. The van der Waals surface area contributed by atoms with Crippen LogP contribution in [0.15, 0.2) is 0 Å². The lowest BCUT2D eigenvalue weighted by molar-refractivity contribution is 0.343. The van der Waals surface area contributed by atoms with Gasteiger partial charge < -0.3 is 5.73 Å². The number of unbranched alkanes of at least 4 members (excludes halogenated alkanes) is 1. The summed E-state index contributed by atoms with van der Waals surface area (Å²) >= 11 is 0. The first kappa shape index (κ1) is 10.0. The summed E-state index contributed by atoms with van der Waals surface area (Å²) in [5.41, 5.74) is 6.17. The summed E-state index contributed by atoms with van der Waals surface area (Å²) in [6.07, 6.45) is 8.09. The number of rotatable bonds is 6. The highest BCUT2D eigenvalue weighted by Gasteiger charge is 2.32. The van der Waals surface area contributed by atoms with Crippen LogP contribution in [-0.4, -0.2) is 6.04 Å². The topological polar surface area (TPSA) is 26.0 Å². The van der Waals surface area contributed by atoms with Crippen molar-refractivity contribution in [2.45, 2.75) is 58.4 Å². The quantitative estimate of drug-likeness (QED) is 0.650. The molecule has 0 heterocycles. The molecule has 0 spiro atoms. The number of hydrogen-bond acceptors (Lipinski definition) is 1. The molecule has 1 aliphatic rings. The molecule has 0 bridgehead atoms. The lowest BCUT2D eigenvalue weighted by Crippen LogP contribution is -2.31. The molecular weight excluding hydrogens is 146 g/mol. The second-order valence-corrected chi connectivity index (χ2v) is 4.23. The van der Waals surface area contributed by atoms with Crippen LogP contribution in [0.5, 0.6) is 0 Å². The van der Waals surface area contributed by atoms with Gasteiger partial charge in [0.15, 0.2) is 0 Å². The molecule has 1 fully saturated rings. The molecule has 72 valence electrons. The Kier molecular flexibility index (Phi) is 4.07. The Hall–Kier alpha value is -0.0400. The van der Waals surface area contributed by atoms with E-state index in [1.807, 2.05) is 0 Å². The van der Waals surface area contributed by atoms with Crippen molar-refractivity contribution in [1.82, 2.24) is 0 Å². The van der Waals surface area contributed by atoms with E-state index < -0.39 is 0 Å². The van der Waals surface area contributed by atoms with Gasteiger partial charge in [0.1, 0.15) is 0 Å². The van der Waals surface area contributed by atoms with Crippen LogP contribution in [0.1, 0.15) is 52.4 Å². The van der Waals surface area contributed by atoms with Gasteiger partial charge in [0.05, 0.1) is 0 Å². The predicted molar refractivity (Wildman–Crippen MR) is 54.0 cm³/mol. The first-order valence-electron chi connectivity index (χ1n) is 5.55. The van der Waals surface area contributed by atoms with Gasteiger partial charge in [0, 0.05) is 6.04 Å². The third-order valence-electron chi connectivity index (χ3n) is 3.16. The summed E-state index contributed by atoms with van der Waals surface area (Å²) in [6.45, 7) is 4.54. The van der Waals surface area contributed by atoms with Gasteiger partial charge in [-0.1, -0.05) is 33.1 Å². The van der Waals surface area contributed by atoms with Crippen molar-refractivity contribution in [2.24, 2.45) is 17.6 Å². The zero-order valence-corrected chi connectivity index (χ0v) is 8.55. The van der Waals surface area contributed by atoms with Crippen LogP contribution in [0.3, 0.4) is 0 Å². The van der Waals surface area contributed by atoms with Crippen LogP contribution in [0, 0.1) is 11.8 Å². The van der Waals surface area contributed by atoms with Gasteiger partial charge in [-0.25, -0.2) is 0 Å². The highest BCUT2D eigenvalue weighted by molar-refractivity contribution is 4.87. The second-order valence-electron chi connectivity index (χ2n) is 4.23. The Morgan fingerprint density at radius 1 is 1.33 bits per heavy atom. The minimum Gasteiger partial charge on any atom is -0.327 e. The molecule has 0 saturated heterocycles. The fourth-order valence-electron chi connectivity index (χ4n) is 2.00. The smallest absolute Gasteiger partial charge is 0.00955 e. The van der Waals surface area contributed by atoms with Crippen molar-refractivity contribution in [3.8, 4) is 0 Å². The van der Waals surface area contributed by atoms with Crippen LogP contribution in [0.2, 0.25) is 0 Å². The molecule has 1 heteroatoms. The van der Waals surface area contributed by atoms with E-state index in [-0.39, 0.29) is 0 Å². The fraction of sp³-hybridized carbons (Fsp3) is 1.00. The molecule has 0 aromatic rings. The zero-order valence-electron chi connectivity index (χ0n) is 8.55. The number of hydrogen-bond donors (Lipinski definition) is 1. The van der Waals surface area contributed by atoms with E-state index in [1.54, 1.807) is 0 Å². The van der Waals surface area contributed by atoms with Gasteiger partial charge in [0.25, 0.3) is 0 Å². The average Bonchev–Trinajstić information content (AvgIpc) is 2.88. The molecule has 0 amide bonds. The fourth-order valence-corrected chi connectivity index (χ4v) is 2.00. The van der Waals surface area contributed by atoms with E-state index in [0.29, 0.717) is 6.04 Å². The van der Waals surface area contributed by atoms with E-state index in [0.717, 1.165) is 11.8 Å². The standard InChI is InChI=1S/C11H23N/c1-3-5-6-9(4-2)11(12)10-7-8-10/h9-11H,3-8,12H2,1-2H3. The van der Waals surface area contributed by atoms with E-state index in [1.165, 1.54) is 38.5 Å². The maximum absolute atomic E-state index is 6.17. The highest BCUT2D eigenvalue weighted by atomic mass is 14.7.